The molecule has 0 aliphatic carbocycles. The molecule has 1 unspecified atom stereocenters. The van der Waals surface area contributed by atoms with Crippen LogP contribution in [0.5, 0.6) is 5.75 Å². The van der Waals surface area contributed by atoms with Crippen molar-refractivity contribution < 1.29 is 14.3 Å². The first-order valence-corrected chi connectivity index (χ1v) is 9.73. The van der Waals surface area contributed by atoms with Crippen molar-refractivity contribution in [2.75, 3.05) is 19.7 Å². The zero-order valence-electron chi connectivity index (χ0n) is 17.2. The molecule has 5 heteroatoms. The summed E-state index contributed by atoms with van der Waals surface area (Å²) in [6.07, 6.45) is 0.681. The number of nitrogens with one attached hydrogen (secondary N) is 1. The maximum atomic E-state index is 12.9. The molecule has 0 saturated carbocycles. The first kappa shape index (κ1) is 21.5. The Balaban J connectivity index is 2.06. The van der Waals surface area contributed by atoms with Gasteiger partial charge >= 0.3 is 0 Å². The van der Waals surface area contributed by atoms with E-state index in [2.05, 4.69) is 5.32 Å². The third-order valence-electron chi connectivity index (χ3n) is 4.84. The third-order valence-corrected chi connectivity index (χ3v) is 4.84. The van der Waals surface area contributed by atoms with E-state index in [0.29, 0.717) is 25.3 Å². The van der Waals surface area contributed by atoms with Crippen LogP contribution in [-0.4, -0.2) is 42.5 Å². The van der Waals surface area contributed by atoms with E-state index in [1.165, 1.54) is 5.56 Å². The zero-order chi connectivity index (χ0) is 20.5. The lowest BCUT2D eigenvalue weighted by Crippen LogP contribution is -2.50. The van der Waals surface area contributed by atoms with Crippen molar-refractivity contribution >= 4 is 11.8 Å². The summed E-state index contributed by atoms with van der Waals surface area (Å²) >= 11 is 0. The van der Waals surface area contributed by atoms with Crippen LogP contribution in [0.2, 0.25) is 0 Å². The van der Waals surface area contributed by atoms with Crippen LogP contribution >= 0.6 is 0 Å². The van der Waals surface area contributed by atoms with E-state index in [0.717, 1.165) is 11.1 Å². The van der Waals surface area contributed by atoms with E-state index in [-0.39, 0.29) is 18.4 Å². The molecule has 0 saturated heterocycles. The molecule has 5 nitrogen and oxygen atoms in total. The zero-order valence-corrected chi connectivity index (χ0v) is 17.2. The average molecular weight is 383 g/mol. The molecule has 0 spiro atoms. The SMILES string of the molecule is CCNC(=O)C(C)N(CCc1ccccc1)C(=O)COc1ccc(C)c(C)c1. The number of ether oxygens (including phenoxy) is 1. The Morgan fingerprint density at radius 2 is 1.79 bits per heavy atom. The Kier molecular flexibility index (Phi) is 8.05. The minimum atomic E-state index is -0.556. The van der Waals surface area contributed by atoms with Gasteiger partial charge in [-0.1, -0.05) is 36.4 Å². The van der Waals surface area contributed by atoms with Gasteiger partial charge in [-0.25, -0.2) is 0 Å². The van der Waals surface area contributed by atoms with Crippen molar-refractivity contribution in [3.05, 3.63) is 65.2 Å². The molecule has 0 radical (unpaired) electrons. The monoisotopic (exact) mass is 382 g/mol. The fourth-order valence-electron chi connectivity index (χ4n) is 2.92. The van der Waals surface area contributed by atoms with Crippen molar-refractivity contribution in [2.24, 2.45) is 0 Å². The maximum Gasteiger partial charge on any atom is 0.261 e. The van der Waals surface area contributed by atoms with Gasteiger partial charge in [0.05, 0.1) is 0 Å². The number of nitrogens with zero attached hydrogens (tertiary/aromatic N) is 1. The van der Waals surface area contributed by atoms with Gasteiger partial charge in [0.25, 0.3) is 5.91 Å². The van der Waals surface area contributed by atoms with Gasteiger partial charge < -0.3 is 15.0 Å². The van der Waals surface area contributed by atoms with E-state index in [9.17, 15) is 9.59 Å². The number of carbonyl (C=O) groups is 2. The van der Waals surface area contributed by atoms with E-state index in [1.54, 1.807) is 11.8 Å². The lowest BCUT2D eigenvalue weighted by Gasteiger charge is -2.28. The number of aryl methyl sites for hydroxylation is 2. The molecule has 28 heavy (non-hydrogen) atoms. The van der Waals surface area contributed by atoms with Gasteiger partial charge in [-0.05, 0) is 62.9 Å². The lowest BCUT2D eigenvalue weighted by atomic mass is 10.1. The van der Waals surface area contributed by atoms with Crippen molar-refractivity contribution in [1.82, 2.24) is 10.2 Å². The summed E-state index contributed by atoms with van der Waals surface area (Å²) in [5.41, 5.74) is 3.41. The second-order valence-electron chi connectivity index (χ2n) is 6.93. The molecule has 0 bridgehead atoms. The van der Waals surface area contributed by atoms with Crippen LogP contribution in [0.1, 0.15) is 30.5 Å². The van der Waals surface area contributed by atoms with Crippen LogP contribution in [0.3, 0.4) is 0 Å². The molecular weight excluding hydrogens is 352 g/mol. The minimum Gasteiger partial charge on any atom is -0.484 e. The molecule has 0 fully saturated rings. The van der Waals surface area contributed by atoms with Gasteiger partial charge in [0, 0.05) is 13.1 Å². The third kappa shape index (κ3) is 6.12. The molecular formula is C23H30N2O3. The predicted octanol–water partition coefficient (Wildman–Crippen LogP) is 3.28. The molecule has 2 amide bonds. The number of benzene rings is 2. The minimum absolute atomic E-state index is 0.0962. The molecule has 0 aromatic heterocycles. The van der Waals surface area contributed by atoms with Gasteiger partial charge in [-0.3, -0.25) is 9.59 Å². The lowest BCUT2D eigenvalue weighted by molar-refractivity contribution is -0.141. The van der Waals surface area contributed by atoms with E-state index in [1.807, 2.05) is 69.3 Å². The standard InChI is InChI=1S/C23H30N2O3/c1-5-24-23(27)19(4)25(14-13-20-9-7-6-8-10-20)22(26)16-28-21-12-11-17(2)18(3)15-21/h6-12,15,19H,5,13-14,16H2,1-4H3,(H,24,27). The van der Waals surface area contributed by atoms with Gasteiger partial charge in [0.15, 0.2) is 6.61 Å². The molecule has 2 aromatic carbocycles. The maximum absolute atomic E-state index is 12.9. The van der Waals surface area contributed by atoms with Gasteiger partial charge in [0.1, 0.15) is 11.8 Å². The largest absolute Gasteiger partial charge is 0.484 e. The van der Waals surface area contributed by atoms with E-state index in [4.69, 9.17) is 4.74 Å². The smallest absolute Gasteiger partial charge is 0.261 e. The molecule has 0 aliphatic rings. The fraction of sp³-hybridized carbons (Fsp3) is 0.391. The molecule has 1 atom stereocenters. The molecule has 150 valence electrons. The van der Waals surface area contributed by atoms with Crippen LogP contribution in [0.15, 0.2) is 48.5 Å². The van der Waals surface area contributed by atoms with E-state index < -0.39 is 6.04 Å². The second-order valence-corrected chi connectivity index (χ2v) is 6.93. The summed E-state index contributed by atoms with van der Waals surface area (Å²) in [7, 11) is 0. The summed E-state index contributed by atoms with van der Waals surface area (Å²) < 4.78 is 5.70. The number of hydrogen-bond acceptors (Lipinski definition) is 3. The summed E-state index contributed by atoms with van der Waals surface area (Å²) in [4.78, 5) is 26.8. The highest BCUT2D eigenvalue weighted by molar-refractivity contribution is 5.87. The first-order chi connectivity index (χ1) is 13.4. The Morgan fingerprint density at radius 1 is 1.07 bits per heavy atom. The predicted molar refractivity (Wildman–Crippen MR) is 111 cm³/mol. The second kappa shape index (κ2) is 10.5. The van der Waals surface area contributed by atoms with Crippen molar-refractivity contribution in [3.63, 3.8) is 0 Å². The highest BCUT2D eigenvalue weighted by Crippen LogP contribution is 2.16. The van der Waals surface area contributed by atoms with Crippen molar-refractivity contribution in [2.45, 2.75) is 40.2 Å². The van der Waals surface area contributed by atoms with Crippen LogP contribution in [0, 0.1) is 13.8 Å². The van der Waals surface area contributed by atoms with Gasteiger partial charge in [-0.15, -0.1) is 0 Å². The summed E-state index contributed by atoms with van der Waals surface area (Å²) in [5.74, 6) is 0.299. The number of amides is 2. The quantitative estimate of drug-likeness (QED) is 0.724. The van der Waals surface area contributed by atoms with Crippen molar-refractivity contribution in [1.29, 1.82) is 0 Å². The summed E-state index contributed by atoms with van der Waals surface area (Å²) in [6, 6.07) is 15.1. The van der Waals surface area contributed by atoms with Crippen LogP contribution < -0.4 is 10.1 Å². The van der Waals surface area contributed by atoms with E-state index >= 15 is 0 Å². The highest BCUT2D eigenvalue weighted by Gasteiger charge is 2.25. The topological polar surface area (TPSA) is 58.6 Å². The number of carbonyl (C=O) groups excluding carboxylic acids is 2. The summed E-state index contributed by atoms with van der Waals surface area (Å²) in [6.45, 7) is 8.55. The summed E-state index contributed by atoms with van der Waals surface area (Å²) in [5, 5.41) is 2.79. The Hall–Kier alpha value is -2.82. The average Bonchev–Trinajstić information content (AvgIpc) is 2.69. The molecule has 0 aliphatic heterocycles. The number of rotatable bonds is 9. The normalized spacial score (nSPS) is 11.6. The van der Waals surface area contributed by atoms with Crippen molar-refractivity contribution in [3.8, 4) is 5.75 Å². The van der Waals surface area contributed by atoms with Crippen LogP contribution in [0.25, 0.3) is 0 Å². The highest BCUT2D eigenvalue weighted by atomic mass is 16.5. The Labute approximate surface area is 167 Å². The van der Waals surface area contributed by atoms with Gasteiger partial charge in [-0.2, -0.15) is 0 Å². The fourth-order valence-corrected chi connectivity index (χ4v) is 2.92. The Bertz CT molecular complexity index is 790. The molecule has 0 heterocycles. The number of likely N-dealkylation sites (N-methyl/N-ethyl adjacent to an activating group) is 1. The van der Waals surface area contributed by atoms with Gasteiger partial charge in [0.2, 0.25) is 5.91 Å². The molecule has 1 N–H and O–H groups in total. The number of hydrogen-bond donors (Lipinski definition) is 1. The van der Waals surface area contributed by atoms with Crippen LogP contribution in [0.4, 0.5) is 0 Å². The molecule has 2 rings (SSSR count). The molecule has 2 aromatic rings. The Morgan fingerprint density at radius 3 is 2.43 bits per heavy atom. The first-order valence-electron chi connectivity index (χ1n) is 9.73. The van der Waals surface area contributed by atoms with Crippen LogP contribution in [-0.2, 0) is 16.0 Å².